The van der Waals surface area contributed by atoms with E-state index in [1.807, 2.05) is 37.3 Å². The summed E-state index contributed by atoms with van der Waals surface area (Å²) in [5, 5.41) is 7.05. The Morgan fingerprint density at radius 1 is 1.09 bits per heavy atom. The minimum absolute atomic E-state index is 0.197. The number of para-hydroxylation sites is 1. The second-order valence-electron chi connectivity index (χ2n) is 7.73. The Labute approximate surface area is 194 Å². The minimum Gasteiger partial charge on any atom is -0.360 e. The molecule has 0 aliphatic carbocycles. The molecular weight excluding hydrogens is 442 g/mol. The Kier molecular flexibility index (Phi) is 5.18. The van der Waals surface area contributed by atoms with Crippen LogP contribution in [0.1, 0.15) is 29.1 Å². The van der Waals surface area contributed by atoms with Gasteiger partial charge in [0.1, 0.15) is 29.4 Å². The molecule has 0 saturated heterocycles. The molecule has 0 radical (unpaired) electrons. The third kappa shape index (κ3) is 3.56. The van der Waals surface area contributed by atoms with Crippen molar-refractivity contribution in [2.45, 2.75) is 13.0 Å². The van der Waals surface area contributed by atoms with Crippen LogP contribution >= 0.6 is 11.6 Å². The molecule has 0 unspecified atom stereocenters. The molecule has 1 atom stereocenters. The monoisotopic (exact) mass is 461 g/mol. The van der Waals surface area contributed by atoms with E-state index in [2.05, 4.69) is 20.6 Å². The average molecular weight is 462 g/mol. The summed E-state index contributed by atoms with van der Waals surface area (Å²) in [6.45, 7) is 2.22. The van der Waals surface area contributed by atoms with Crippen molar-refractivity contribution < 1.29 is 4.79 Å². The fourth-order valence-electron chi connectivity index (χ4n) is 3.88. The van der Waals surface area contributed by atoms with Gasteiger partial charge >= 0.3 is 0 Å². The molecule has 1 aliphatic heterocycles. The maximum atomic E-state index is 13.6. The van der Waals surface area contributed by atoms with Gasteiger partial charge in [0, 0.05) is 7.05 Å². The molecule has 0 spiro atoms. The van der Waals surface area contributed by atoms with Crippen LogP contribution < -0.4 is 16.2 Å². The number of rotatable bonds is 4. The predicted octanol–water partition coefficient (Wildman–Crippen LogP) is 3.46. The van der Waals surface area contributed by atoms with E-state index in [9.17, 15) is 9.59 Å². The SMILES string of the molecule is C[C@H](Nc1ncnc2c1C(=O)N(C)CN2)c1nc2cccc(Cl)c2c(=O)n1-c1ccccc1. The van der Waals surface area contributed by atoms with Crippen LogP contribution in [0.4, 0.5) is 11.6 Å². The average Bonchev–Trinajstić information content (AvgIpc) is 2.82. The summed E-state index contributed by atoms with van der Waals surface area (Å²) in [6, 6.07) is 13.9. The summed E-state index contributed by atoms with van der Waals surface area (Å²) in [7, 11) is 1.69. The maximum absolute atomic E-state index is 13.6. The number of halogens is 1. The number of carbonyl (C=O) groups excluding carboxylic acids is 1. The number of aromatic nitrogens is 4. The second-order valence-corrected chi connectivity index (χ2v) is 8.14. The zero-order valence-electron chi connectivity index (χ0n) is 17.9. The van der Waals surface area contributed by atoms with E-state index in [1.165, 1.54) is 15.8 Å². The lowest BCUT2D eigenvalue weighted by molar-refractivity contribution is 0.0796. The number of benzene rings is 2. The van der Waals surface area contributed by atoms with Crippen LogP contribution in [0.15, 0.2) is 59.7 Å². The Hall–Kier alpha value is -3.98. The molecule has 3 heterocycles. The number of hydrogen-bond donors (Lipinski definition) is 2. The zero-order valence-corrected chi connectivity index (χ0v) is 18.7. The third-order valence-corrected chi connectivity index (χ3v) is 5.83. The van der Waals surface area contributed by atoms with Crippen molar-refractivity contribution >= 4 is 40.0 Å². The van der Waals surface area contributed by atoms with Gasteiger partial charge in [0.25, 0.3) is 11.5 Å². The first-order valence-corrected chi connectivity index (χ1v) is 10.7. The molecule has 2 N–H and O–H groups in total. The molecule has 1 amide bonds. The molecule has 0 saturated carbocycles. The van der Waals surface area contributed by atoms with Gasteiger partial charge in [0.05, 0.1) is 34.3 Å². The van der Waals surface area contributed by atoms with Crippen molar-refractivity contribution in [1.82, 2.24) is 24.4 Å². The lowest BCUT2D eigenvalue weighted by Gasteiger charge is -2.27. The van der Waals surface area contributed by atoms with E-state index in [0.29, 0.717) is 51.3 Å². The summed E-state index contributed by atoms with van der Waals surface area (Å²) in [4.78, 5) is 41.2. The van der Waals surface area contributed by atoms with Gasteiger partial charge in [-0.3, -0.25) is 14.2 Å². The highest BCUT2D eigenvalue weighted by atomic mass is 35.5. The van der Waals surface area contributed by atoms with Crippen molar-refractivity contribution in [2.24, 2.45) is 0 Å². The van der Waals surface area contributed by atoms with Crippen LogP contribution in [0.2, 0.25) is 5.02 Å². The van der Waals surface area contributed by atoms with Gasteiger partial charge in [-0.15, -0.1) is 0 Å². The summed E-state index contributed by atoms with van der Waals surface area (Å²) in [6.07, 6.45) is 1.39. The number of nitrogens with zero attached hydrogens (tertiary/aromatic N) is 5. The Morgan fingerprint density at radius 3 is 2.67 bits per heavy atom. The molecule has 2 aromatic heterocycles. The van der Waals surface area contributed by atoms with Crippen LogP contribution in [0, 0.1) is 0 Å². The topological polar surface area (TPSA) is 105 Å². The standard InChI is InChI=1S/C23H20ClN7O2/c1-13(28-20-18-19(25-11-26-20)27-12-30(2)22(18)32)21-29-16-10-6-9-15(24)17(16)23(33)31(21)14-7-4-3-5-8-14/h3-11,13H,12H2,1-2H3,(H2,25,26,27,28)/t13-/m0/s1. The first-order chi connectivity index (χ1) is 16.0. The molecule has 33 heavy (non-hydrogen) atoms. The van der Waals surface area contributed by atoms with E-state index in [-0.39, 0.29) is 11.5 Å². The molecule has 0 bridgehead atoms. The molecule has 2 aromatic carbocycles. The van der Waals surface area contributed by atoms with Crippen molar-refractivity contribution in [3.63, 3.8) is 0 Å². The highest BCUT2D eigenvalue weighted by Crippen LogP contribution is 2.29. The van der Waals surface area contributed by atoms with Gasteiger partial charge in [-0.05, 0) is 31.2 Å². The van der Waals surface area contributed by atoms with E-state index >= 15 is 0 Å². The van der Waals surface area contributed by atoms with E-state index in [0.717, 1.165) is 0 Å². The van der Waals surface area contributed by atoms with Gasteiger partial charge in [0.15, 0.2) is 0 Å². The number of nitrogens with one attached hydrogen (secondary N) is 2. The molecule has 9 nitrogen and oxygen atoms in total. The number of anilines is 2. The highest BCUT2D eigenvalue weighted by molar-refractivity contribution is 6.35. The van der Waals surface area contributed by atoms with Crippen molar-refractivity contribution in [2.75, 3.05) is 24.3 Å². The van der Waals surface area contributed by atoms with Crippen LogP contribution in [0.5, 0.6) is 0 Å². The molecule has 166 valence electrons. The maximum Gasteiger partial charge on any atom is 0.267 e. The number of hydrogen-bond acceptors (Lipinski definition) is 7. The smallest absolute Gasteiger partial charge is 0.267 e. The fraction of sp³-hybridized carbons (Fsp3) is 0.174. The van der Waals surface area contributed by atoms with Crippen LogP contribution in [-0.2, 0) is 0 Å². The quantitative estimate of drug-likeness (QED) is 0.479. The van der Waals surface area contributed by atoms with E-state index in [4.69, 9.17) is 16.6 Å². The number of carbonyl (C=O) groups is 1. The summed E-state index contributed by atoms with van der Waals surface area (Å²) in [5.74, 6) is 1.08. The van der Waals surface area contributed by atoms with Gasteiger partial charge in [-0.1, -0.05) is 35.9 Å². The zero-order chi connectivity index (χ0) is 23.1. The van der Waals surface area contributed by atoms with Gasteiger partial charge in [0.2, 0.25) is 0 Å². The molecule has 1 aliphatic rings. The molecule has 5 rings (SSSR count). The van der Waals surface area contributed by atoms with Crippen LogP contribution in [-0.4, -0.2) is 44.0 Å². The molecule has 10 heteroatoms. The fourth-order valence-corrected chi connectivity index (χ4v) is 4.13. The predicted molar refractivity (Wildman–Crippen MR) is 127 cm³/mol. The summed E-state index contributed by atoms with van der Waals surface area (Å²) in [5.41, 5.74) is 1.21. The Morgan fingerprint density at radius 2 is 1.88 bits per heavy atom. The highest BCUT2D eigenvalue weighted by Gasteiger charge is 2.28. The van der Waals surface area contributed by atoms with E-state index < -0.39 is 6.04 Å². The third-order valence-electron chi connectivity index (χ3n) is 5.52. The van der Waals surface area contributed by atoms with Crippen LogP contribution in [0.3, 0.4) is 0 Å². The molecular formula is C23H20ClN7O2. The Bertz CT molecular complexity index is 1440. The first kappa shape index (κ1) is 20.9. The van der Waals surface area contributed by atoms with Crippen LogP contribution in [0.25, 0.3) is 16.6 Å². The second kappa shape index (κ2) is 8.18. The summed E-state index contributed by atoms with van der Waals surface area (Å²) < 4.78 is 1.53. The van der Waals surface area contributed by atoms with Crippen molar-refractivity contribution in [3.8, 4) is 5.69 Å². The molecule has 0 fully saturated rings. The lowest BCUT2D eigenvalue weighted by Crippen LogP contribution is -2.38. The largest absolute Gasteiger partial charge is 0.360 e. The van der Waals surface area contributed by atoms with Gasteiger partial charge in [-0.2, -0.15) is 0 Å². The van der Waals surface area contributed by atoms with Gasteiger partial charge in [-0.25, -0.2) is 15.0 Å². The number of fused-ring (bicyclic) bond motifs is 2. The minimum atomic E-state index is -0.486. The lowest BCUT2D eigenvalue weighted by atomic mass is 10.1. The summed E-state index contributed by atoms with van der Waals surface area (Å²) >= 11 is 6.36. The first-order valence-electron chi connectivity index (χ1n) is 10.3. The molecule has 4 aromatic rings. The van der Waals surface area contributed by atoms with Gasteiger partial charge < -0.3 is 15.5 Å². The Balaban J connectivity index is 1.67. The van der Waals surface area contributed by atoms with Crippen molar-refractivity contribution in [1.29, 1.82) is 0 Å². The van der Waals surface area contributed by atoms with Crippen molar-refractivity contribution in [3.05, 3.63) is 81.6 Å². The normalized spacial score (nSPS) is 14.0. The number of amides is 1. The van der Waals surface area contributed by atoms with E-state index in [1.54, 1.807) is 25.2 Å².